The van der Waals surface area contributed by atoms with Crippen molar-refractivity contribution in [2.24, 2.45) is 0 Å². The van der Waals surface area contributed by atoms with Crippen LogP contribution in [-0.4, -0.2) is 50.5 Å². The Balaban J connectivity index is 0.000000211. The fourth-order valence-electron chi connectivity index (χ4n) is 3.85. The molecule has 156 valence electrons. The highest BCUT2D eigenvalue weighted by Gasteiger charge is 2.19. The van der Waals surface area contributed by atoms with Gasteiger partial charge in [-0.05, 0) is 48.9 Å². The first-order valence-corrected chi connectivity index (χ1v) is 10.3. The van der Waals surface area contributed by atoms with Crippen molar-refractivity contribution >= 4 is 11.5 Å². The molecule has 1 aromatic carbocycles. The van der Waals surface area contributed by atoms with Crippen LogP contribution in [0, 0.1) is 5.82 Å². The highest BCUT2D eigenvalue weighted by Crippen LogP contribution is 2.27. The minimum Gasteiger partial charge on any atom is -0.378 e. The number of halogens is 2. The fourth-order valence-corrected chi connectivity index (χ4v) is 3.85. The van der Waals surface area contributed by atoms with Crippen LogP contribution in [0.1, 0.15) is 30.4 Å². The number of morpholine rings is 1. The van der Waals surface area contributed by atoms with Crippen LogP contribution in [-0.2, 0) is 11.2 Å². The third-order valence-electron chi connectivity index (χ3n) is 5.61. The molecule has 5 rings (SSSR count). The lowest BCUT2D eigenvalue weighted by atomic mass is 10.2. The quantitative estimate of drug-likeness (QED) is 0.714. The van der Waals surface area contributed by atoms with Gasteiger partial charge in [0.1, 0.15) is 17.8 Å². The van der Waals surface area contributed by atoms with Crippen molar-refractivity contribution < 1.29 is 13.5 Å². The second kappa shape index (κ2) is 8.95. The zero-order valence-corrected chi connectivity index (χ0v) is 16.5. The zero-order valence-electron chi connectivity index (χ0n) is 16.5. The van der Waals surface area contributed by atoms with E-state index in [1.165, 1.54) is 17.2 Å². The number of pyridine rings is 1. The average molecular weight is 403 g/mol. The molecule has 0 radical (unpaired) electrons. The van der Waals surface area contributed by atoms with E-state index in [4.69, 9.17) is 4.74 Å². The first-order chi connectivity index (χ1) is 14.1. The Labute approximate surface area is 169 Å². The summed E-state index contributed by atoms with van der Waals surface area (Å²) in [4.78, 5) is 19.1. The summed E-state index contributed by atoms with van der Waals surface area (Å²) in [6, 6.07) is 8.57. The van der Waals surface area contributed by atoms with Crippen molar-refractivity contribution in [1.82, 2.24) is 4.98 Å². The molecule has 1 aliphatic carbocycles. The van der Waals surface area contributed by atoms with Crippen LogP contribution < -0.4 is 15.4 Å². The van der Waals surface area contributed by atoms with Gasteiger partial charge in [0.15, 0.2) is 0 Å². The predicted molar refractivity (Wildman–Crippen MR) is 110 cm³/mol. The Kier molecular flexibility index (Phi) is 6.13. The van der Waals surface area contributed by atoms with Crippen LogP contribution >= 0.6 is 0 Å². The van der Waals surface area contributed by atoms with Gasteiger partial charge in [0.2, 0.25) is 0 Å². The van der Waals surface area contributed by atoms with Crippen LogP contribution in [0.3, 0.4) is 0 Å². The Hall–Kier alpha value is -2.41. The summed E-state index contributed by atoms with van der Waals surface area (Å²) < 4.78 is 31.0. The summed E-state index contributed by atoms with van der Waals surface area (Å²) in [5, 5.41) is 0. The molecule has 2 aromatic rings. The smallest absolute Gasteiger partial charge is 0.251 e. The molecule has 0 spiro atoms. The van der Waals surface area contributed by atoms with Crippen LogP contribution in [0.4, 0.5) is 20.3 Å². The maximum Gasteiger partial charge on any atom is 0.251 e. The van der Waals surface area contributed by atoms with Crippen LogP contribution in [0.15, 0.2) is 35.1 Å². The van der Waals surface area contributed by atoms with Crippen molar-refractivity contribution in [3.8, 4) is 0 Å². The second-order valence-corrected chi connectivity index (χ2v) is 7.79. The molecule has 2 aliphatic heterocycles. The number of fused-ring (bicyclic) bond motifs is 1. The first-order valence-electron chi connectivity index (χ1n) is 10.3. The van der Waals surface area contributed by atoms with E-state index in [9.17, 15) is 13.6 Å². The molecule has 0 saturated carbocycles. The van der Waals surface area contributed by atoms with E-state index in [-0.39, 0.29) is 11.4 Å². The minimum absolute atomic E-state index is 0.102. The molecule has 0 amide bonds. The second-order valence-electron chi connectivity index (χ2n) is 7.79. The van der Waals surface area contributed by atoms with Crippen molar-refractivity contribution in [3.05, 3.63) is 57.6 Å². The molecule has 2 fully saturated rings. The molecule has 1 N–H and O–H groups in total. The van der Waals surface area contributed by atoms with E-state index in [2.05, 4.69) is 14.8 Å². The van der Waals surface area contributed by atoms with Gasteiger partial charge in [-0.2, -0.15) is 0 Å². The van der Waals surface area contributed by atoms with Gasteiger partial charge in [-0.15, -0.1) is 0 Å². The number of hydrogen-bond acceptors (Lipinski definition) is 4. The van der Waals surface area contributed by atoms with Crippen molar-refractivity contribution in [3.63, 3.8) is 0 Å². The van der Waals surface area contributed by atoms with E-state index >= 15 is 0 Å². The lowest BCUT2D eigenvalue weighted by Gasteiger charge is -2.30. The summed E-state index contributed by atoms with van der Waals surface area (Å²) in [6.07, 6.45) is 2.26. The van der Waals surface area contributed by atoms with Crippen LogP contribution in [0.2, 0.25) is 0 Å². The maximum absolute atomic E-state index is 13.5. The van der Waals surface area contributed by atoms with Gasteiger partial charge < -0.3 is 19.5 Å². The lowest BCUT2D eigenvalue weighted by Crippen LogP contribution is -2.37. The topological polar surface area (TPSA) is 48.6 Å². The van der Waals surface area contributed by atoms with E-state index in [1.807, 2.05) is 12.1 Å². The number of ether oxygens (including phenoxy) is 1. The summed E-state index contributed by atoms with van der Waals surface area (Å²) in [6.45, 7) is 4.43. The minimum atomic E-state index is -0.718. The number of aromatic nitrogens is 1. The number of benzene rings is 1. The molecule has 3 heterocycles. The molecular weight excluding hydrogens is 376 g/mol. The summed E-state index contributed by atoms with van der Waals surface area (Å²) >= 11 is 0. The van der Waals surface area contributed by atoms with E-state index in [0.29, 0.717) is 32.6 Å². The largest absolute Gasteiger partial charge is 0.378 e. The Bertz CT molecular complexity index is 895. The van der Waals surface area contributed by atoms with Gasteiger partial charge in [-0.25, -0.2) is 8.78 Å². The third-order valence-corrected chi connectivity index (χ3v) is 5.61. The molecule has 3 aliphatic rings. The predicted octanol–water partition coefficient (Wildman–Crippen LogP) is 3.27. The average Bonchev–Trinajstić information content (AvgIpc) is 3.52. The zero-order chi connectivity index (χ0) is 20.2. The van der Waals surface area contributed by atoms with Crippen molar-refractivity contribution in [1.29, 1.82) is 0 Å². The highest BCUT2D eigenvalue weighted by atomic mass is 19.1. The Morgan fingerprint density at radius 3 is 2.55 bits per heavy atom. The number of hydrogen-bond donors (Lipinski definition) is 1. The molecular formula is C22H27F2N3O2. The van der Waals surface area contributed by atoms with Crippen molar-refractivity contribution in [2.75, 3.05) is 49.2 Å². The normalized spacial score (nSPS) is 21.0. The van der Waals surface area contributed by atoms with Crippen LogP contribution in [0.5, 0.6) is 0 Å². The number of rotatable bonds is 2. The number of nitrogens with one attached hydrogen (secondary N) is 1. The summed E-state index contributed by atoms with van der Waals surface area (Å²) in [7, 11) is 0. The molecule has 1 atom stereocenters. The number of H-pyrrole nitrogens is 1. The molecule has 0 bridgehead atoms. The van der Waals surface area contributed by atoms with Gasteiger partial charge in [-0.3, -0.25) is 4.79 Å². The van der Waals surface area contributed by atoms with E-state index < -0.39 is 6.17 Å². The lowest BCUT2D eigenvalue weighted by molar-refractivity contribution is 0.122. The highest BCUT2D eigenvalue weighted by molar-refractivity contribution is 5.55. The Morgan fingerprint density at radius 2 is 1.79 bits per heavy atom. The van der Waals surface area contributed by atoms with Crippen molar-refractivity contribution in [2.45, 2.75) is 31.9 Å². The van der Waals surface area contributed by atoms with Gasteiger partial charge in [0.25, 0.3) is 5.56 Å². The van der Waals surface area contributed by atoms with Gasteiger partial charge in [-0.1, -0.05) is 6.07 Å². The monoisotopic (exact) mass is 403 g/mol. The number of aromatic amines is 1. The summed E-state index contributed by atoms with van der Waals surface area (Å²) in [5.41, 5.74) is 3.30. The molecule has 2 saturated heterocycles. The van der Waals surface area contributed by atoms with E-state index in [0.717, 1.165) is 44.0 Å². The summed E-state index contributed by atoms with van der Waals surface area (Å²) in [5.74, 6) is 0.694. The van der Waals surface area contributed by atoms with Gasteiger partial charge in [0.05, 0.1) is 13.2 Å². The van der Waals surface area contributed by atoms with Gasteiger partial charge in [0, 0.05) is 44.0 Å². The molecule has 1 unspecified atom stereocenters. The fraction of sp³-hybridized carbons (Fsp3) is 0.500. The number of nitrogens with zero attached hydrogens (tertiary/aromatic N) is 2. The maximum atomic E-state index is 13.5. The molecule has 29 heavy (non-hydrogen) atoms. The molecule has 5 nitrogen and oxygen atoms in total. The molecule has 7 heteroatoms. The first kappa shape index (κ1) is 19.9. The van der Waals surface area contributed by atoms with Crippen LogP contribution in [0.25, 0.3) is 0 Å². The third kappa shape index (κ3) is 5.35. The van der Waals surface area contributed by atoms with Gasteiger partial charge >= 0.3 is 0 Å². The standard InChI is InChI=1S/C15H22FN3O2.C7H5F/c16-12-2-1-4-19(5-3-12)14-10-13(11-15(20)17-14)18-6-8-21-9-7-18;8-7-2-1-5-3-6(5)4-7/h10-12H,1-9H2,(H,17,20);1-2,4H,3H2. The number of anilines is 2. The molecule has 1 aromatic heterocycles. The van der Waals surface area contributed by atoms with E-state index in [1.54, 1.807) is 12.1 Å². The Morgan fingerprint density at radius 1 is 0.966 bits per heavy atom. The number of alkyl halides is 1. The SMILES string of the molecule is Fc1ccc2c(c1)C2.O=c1cc(N2CCOCC2)cc(N2CCCC(F)CC2)[nH]1.